The minimum absolute atomic E-state index is 0.0101. The molecule has 0 aromatic heterocycles. The summed E-state index contributed by atoms with van der Waals surface area (Å²) >= 11 is 0. The van der Waals surface area contributed by atoms with Crippen molar-refractivity contribution in [3.63, 3.8) is 0 Å². The molecule has 0 aromatic rings. The number of carbonyl (C=O) groups is 2. The average molecular weight is 348 g/mol. The molecule has 0 aliphatic rings. The molecule has 23 heavy (non-hydrogen) atoms. The number of phosphoric ester groups is 1. The molecule has 0 heterocycles. The first-order valence-corrected chi connectivity index (χ1v) is 8.63. The number of carbonyl (C=O) groups excluding carboxylic acids is 2. The fraction of sp³-hybridized carbons (Fsp3) is 0.571. The summed E-state index contributed by atoms with van der Waals surface area (Å²) in [5.74, 6) is -0.686. The van der Waals surface area contributed by atoms with Crippen LogP contribution >= 0.6 is 7.82 Å². The zero-order valence-electron chi connectivity index (χ0n) is 13.8. The van der Waals surface area contributed by atoms with Crippen LogP contribution in [0, 0.1) is 0 Å². The third kappa shape index (κ3) is 7.56. The number of hydrogen-bond acceptors (Lipinski definition) is 5. The maximum atomic E-state index is 11.8. The standard InChI is InChI=1S/C14H25N2O6P/c1-6-13(17)15(8-3)10-12(22-23(19,20)21-5)11-16(9-4)14(18)7-2/h6-7,12H,1-2,8-11H2,3-5H3,(H,19,20). The molecule has 0 radical (unpaired) electrons. The van der Waals surface area contributed by atoms with Crippen molar-refractivity contribution in [1.82, 2.24) is 9.80 Å². The van der Waals surface area contributed by atoms with Crippen molar-refractivity contribution in [1.29, 1.82) is 0 Å². The molecule has 0 rings (SSSR count). The van der Waals surface area contributed by atoms with E-state index in [9.17, 15) is 19.0 Å². The molecular weight excluding hydrogens is 323 g/mol. The molecule has 0 spiro atoms. The lowest BCUT2D eigenvalue weighted by molar-refractivity contribution is -0.129. The van der Waals surface area contributed by atoms with Crippen LogP contribution in [-0.2, 0) is 23.2 Å². The Bertz CT molecular complexity index is 452. The molecule has 0 fully saturated rings. The Labute approximate surface area is 137 Å². The van der Waals surface area contributed by atoms with Crippen LogP contribution in [0.25, 0.3) is 0 Å². The first-order valence-electron chi connectivity index (χ1n) is 7.14. The lowest BCUT2D eigenvalue weighted by atomic mass is 10.2. The third-order valence-electron chi connectivity index (χ3n) is 3.10. The summed E-state index contributed by atoms with van der Waals surface area (Å²) in [5, 5.41) is 0. The van der Waals surface area contributed by atoms with Crippen molar-refractivity contribution >= 4 is 19.6 Å². The summed E-state index contributed by atoms with van der Waals surface area (Å²) in [7, 11) is -3.23. The molecule has 0 bridgehead atoms. The summed E-state index contributed by atoms with van der Waals surface area (Å²) in [6.07, 6.45) is 1.38. The van der Waals surface area contributed by atoms with E-state index in [4.69, 9.17) is 4.52 Å². The monoisotopic (exact) mass is 348 g/mol. The molecule has 0 aliphatic heterocycles. The van der Waals surface area contributed by atoms with Gasteiger partial charge in [-0.1, -0.05) is 13.2 Å². The summed E-state index contributed by atoms with van der Waals surface area (Å²) < 4.78 is 21.2. The van der Waals surface area contributed by atoms with Gasteiger partial charge in [0.05, 0.1) is 0 Å². The van der Waals surface area contributed by atoms with E-state index in [2.05, 4.69) is 17.7 Å². The van der Waals surface area contributed by atoms with Gasteiger partial charge in [-0.25, -0.2) is 4.57 Å². The lowest BCUT2D eigenvalue weighted by Gasteiger charge is -2.30. The van der Waals surface area contributed by atoms with Crippen LogP contribution in [0.2, 0.25) is 0 Å². The molecule has 132 valence electrons. The van der Waals surface area contributed by atoms with E-state index in [-0.39, 0.29) is 24.9 Å². The third-order valence-corrected chi connectivity index (χ3v) is 4.12. The van der Waals surface area contributed by atoms with E-state index in [0.717, 1.165) is 19.3 Å². The molecule has 0 aliphatic carbocycles. The number of phosphoric acid groups is 1. The van der Waals surface area contributed by atoms with Crippen LogP contribution in [0.4, 0.5) is 0 Å². The van der Waals surface area contributed by atoms with E-state index < -0.39 is 13.9 Å². The van der Waals surface area contributed by atoms with Gasteiger partial charge in [-0.3, -0.25) is 18.6 Å². The number of amides is 2. The Kier molecular flexibility index (Phi) is 9.67. The second-order valence-electron chi connectivity index (χ2n) is 4.54. The van der Waals surface area contributed by atoms with Crippen molar-refractivity contribution in [3.05, 3.63) is 25.3 Å². The first kappa shape index (κ1) is 21.5. The van der Waals surface area contributed by atoms with Gasteiger partial charge in [-0.2, -0.15) is 0 Å². The highest BCUT2D eigenvalue weighted by Crippen LogP contribution is 2.43. The van der Waals surface area contributed by atoms with Gasteiger partial charge in [0.2, 0.25) is 11.8 Å². The molecule has 0 aromatic carbocycles. The van der Waals surface area contributed by atoms with Gasteiger partial charge < -0.3 is 14.7 Å². The highest BCUT2D eigenvalue weighted by Gasteiger charge is 2.29. The predicted octanol–water partition coefficient (Wildman–Crippen LogP) is 1.19. The van der Waals surface area contributed by atoms with Crippen LogP contribution in [0.15, 0.2) is 25.3 Å². The van der Waals surface area contributed by atoms with Crippen LogP contribution in [0.1, 0.15) is 13.8 Å². The maximum absolute atomic E-state index is 11.8. The zero-order chi connectivity index (χ0) is 18.0. The lowest BCUT2D eigenvalue weighted by Crippen LogP contribution is -2.44. The van der Waals surface area contributed by atoms with E-state index in [1.165, 1.54) is 9.80 Å². The van der Waals surface area contributed by atoms with Gasteiger partial charge in [0, 0.05) is 33.3 Å². The molecule has 0 saturated carbocycles. The van der Waals surface area contributed by atoms with Gasteiger partial charge >= 0.3 is 7.82 Å². The van der Waals surface area contributed by atoms with Crippen molar-refractivity contribution in [2.45, 2.75) is 20.0 Å². The first-order chi connectivity index (χ1) is 10.7. The van der Waals surface area contributed by atoms with E-state index in [1.54, 1.807) is 13.8 Å². The van der Waals surface area contributed by atoms with Crippen LogP contribution in [0.5, 0.6) is 0 Å². The topological polar surface area (TPSA) is 96.4 Å². The van der Waals surface area contributed by atoms with Gasteiger partial charge in [0.25, 0.3) is 0 Å². The molecule has 0 saturated heterocycles. The van der Waals surface area contributed by atoms with Crippen molar-refractivity contribution < 1.29 is 28.1 Å². The van der Waals surface area contributed by atoms with Crippen molar-refractivity contribution in [2.75, 3.05) is 33.3 Å². The average Bonchev–Trinajstić information content (AvgIpc) is 2.55. The summed E-state index contributed by atoms with van der Waals surface area (Å²) in [6.45, 7) is 11.0. The molecular formula is C14H25N2O6P. The molecule has 1 atom stereocenters. The van der Waals surface area contributed by atoms with Crippen LogP contribution < -0.4 is 0 Å². The predicted molar refractivity (Wildman–Crippen MR) is 86.6 cm³/mol. The highest BCUT2D eigenvalue weighted by atomic mass is 31.2. The molecule has 9 heteroatoms. The SMILES string of the molecule is C=CC(=O)N(CC)CC(CN(CC)C(=O)C=C)OP(=O)(O)OC. The van der Waals surface area contributed by atoms with Gasteiger partial charge in [-0.05, 0) is 26.0 Å². The Morgan fingerprint density at radius 2 is 1.52 bits per heavy atom. The largest absolute Gasteiger partial charge is 0.472 e. The minimum atomic E-state index is -4.27. The highest BCUT2D eigenvalue weighted by molar-refractivity contribution is 7.47. The fourth-order valence-electron chi connectivity index (χ4n) is 1.86. The van der Waals surface area contributed by atoms with E-state index >= 15 is 0 Å². The summed E-state index contributed by atoms with van der Waals surface area (Å²) in [6, 6.07) is 0. The van der Waals surface area contributed by atoms with Crippen LogP contribution in [0.3, 0.4) is 0 Å². The number of hydrogen-bond donors (Lipinski definition) is 1. The molecule has 1 N–H and O–H groups in total. The minimum Gasteiger partial charge on any atom is -0.337 e. The Hall–Kier alpha value is -1.47. The number of likely N-dealkylation sites (N-methyl/N-ethyl adjacent to an activating group) is 2. The van der Waals surface area contributed by atoms with Crippen molar-refractivity contribution in [2.24, 2.45) is 0 Å². The smallest absolute Gasteiger partial charge is 0.337 e. The zero-order valence-corrected chi connectivity index (χ0v) is 14.7. The van der Waals surface area contributed by atoms with Gasteiger partial charge in [0.15, 0.2) is 0 Å². The molecule has 8 nitrogen and oxygen atoms in total. The normalized spacial score (nSPS) is 13.3. The molecule has 1 unspecified atom stereocenters. The van der Waals surface area contributed by atoms with E-state index in [0.29, 0.717) is 13.1 Å². The van der Waals surface area contributed by atoms with E-state index in [1.807, 2.05) is 0 Å². The second-order valence-corrected chi connectivity index (χ2v) is 6.05. The Morgan fingerprint density at radius 1 is 1.13 bits per heavy atom. The van der Waals surface area contributed by atoms with Gasteiger partial charge in [-0.15, -0.1) is 0 Å². The quantitative estimate of drug-likeness (QED) is 0.445. The maximum Gasteiger partial charge on any atom is 0.472 e. The van der Waals surface area contributed by atoms with Crippen molar-refractivity contribution in [3.8, 4) is 0 Å². The second kappa shape index (κ2) is 10.3. The van der Waals surface area contributed by atoms with Gasteiger partial charge in [0.1, 0.15) is 6.10 Å². The Morgan fingerprint density at radius 3 is 1.78 bits per heavy atom. The fourth-order valence-corrected chi connectivity index (χ4v) is 2.45. The number of rotatable bonds is 11. The van der Waals surface area contributed by atoms with Crippen LogP contribution in [-0.4, -0.2) is 65.9 Å². The summed E-state index contributed by atoms with van der Waals surface area (Å²) in [5.41, 5.74) is 0. The number of nitrogens with zero attached hydrogens (tertiary/aromatic N) is 2. The Balaban J connectivity index is 5.25. The summed E-state index contributed by atoms with van der Waals surface area (Å²) in [4.78, 5) is 35.8. The molecule has 2 amide bonds.